The van der Waals surface area contributed by atoms with Crippen LogP contribution in [0.2, 0.25) is 0 Å². The number of nitrogens with zero attached hydrogens (tertiary/aromatic N) is 1. The number of anilines is 1. The lowest BCUT2D eigenvalue weighted by atomic mass is 10.2. The van der Waals surface area contributed by atoms with Crippen molar-refractivity contribution < 1.29 is 23.9 Å². The fraction of sp³-hybridized carbons (Fsp3) is 0.200. The number of rotatable bonds is 3. The summed E-state index contributed by atoms with van der Waals surface area (Å²) in [5.74, 6) is -2.79. The molecule has 1 rings (SSSR count). The fourth-order valence-electron chi connectivity index (χ4n) is 1.13. The van der Waals surface area contributed by atoms with E-state index in [1.54, 1.807) is 0 Å². The number of pyridine rings is 1. The van der Waals surface area contributed by atoms with E-state index in [1.165, 1.54) is 19.4 Å². The zero-order chi connectivity index (χ0) is 13.7. The van der Waals surface area contributed by atoms with Crippen LogP contribution < -0.4 is 15.8 Å². The zero-order valence-electron chi connectivity index (χ0n) is 9.72. The van der Waals surface area contributed by atoms with E-state index in [0.29, 0.717) is 0 Å². The predicted octanol–water partition coefficient (Wildman–Crippen LogP) is -0.699. The Balaban J connectivity index is 2.99. The topological polar surface area (TPSA) is 121 Å². The Hall–Kier alpha value is -2.64. The minimum Gasteiger partial charge on any atom is -0.480 e. The first-order valence-corrected chi connectivity index (χ1v) is 4.72. The Kier molecular flexibility index (Phi) is 4.19. The van der Waals surface area contributed by atoms with Gasteiger partial charge in [-0.25, -0.2) is 9.78 Å². The van der Waals surface area contributed by atoms with Crippen LogP contribution in [-0.2, 0) is 14.3 Å². The first kappa shape index (κ1) is 13.4. The van der Waals surface area contributed by atoms with Crippen LogP contribution in [0.5, 0.6) is 5.88 Å². The van der Waals surface area contributed by atoms with Crippen LogP contribution in [0.15, 0.2) is 12.3 Å². The summed E-state index contributed by atoms with van der Waals surface area (Å²) in [4.78, 5) is 37.0. The zero-order valence-corrected chi connectivity index (χ0v) is 9.72. The van der Waals surface area contributed by atoms with Crippen molar-refractivity contribution in [3.05, 3.63) is 17.8 Å². The number of carbonyl (C=O) groups is 3. The summed E-state index contributed by atoms with van der Waals surface area (Å²) in [5.41, 5.74) is 5.22. The first-order valence-electron chi connectivity index (χ1n) is 4.72. The standard InChI is InChI=1S/C10H11N3O5/c1-17-9-6(7(11)14)3-5(4-12-9)13-8(15)10(16)18-2/h3-4H,1-2H3,(H2,11,14)(H,13,15). The summed E-state index contributed by atoms with van der Waals surface area (Å²) < 4.78 is 9.04. The second-order valence-corrected chi connectivity index (χ2v) is 3.09. The number of nitrogens with two attached hydrogens (primary N) is 1. The molecule has 2 amide bonds. The Morgan fingerprint density at radius 2 is 2.00 bits per heavy atom. The van der Waals surface area contributed by atoms with Crippen LogP contribution >= 0.6 is 0 Å². The molecule has 0 atom stereocenters. The summed E-state index contributed by atoms with van der Waals surface area (Å²) in [7, 11) is 2.39. The average Bonchev–Trinajstić information content (AvgIpc) is 2.37. The molecular weight excluding hydrogens is 242 g/mol. The second kappa shape index (κ2) is 5.62. The minimum atomic E-state index is -1.06. The summed E-state index contributed by atoms with van der Waals surface area (Å²) in [6.07, 6.45) is 1.21. The first-order chi connectivity index (χ1) is 8.49. The van der Waals surface area contributed by atoms with Crippen LogP contribution in [0.25, 0.3) is 0 Å². The number of esters is 1. The number of ether oxygens (including phenoxy) is 2. The van der Waals surface area contributed by atoms with Crippen LogP contribution in [0.4, 0.5) is 5.69 Å². The Morgan fingerprint density at radius 1 is 1.33 bits per heavy atom. The van der Waals surface area contributed by atoms with Crippen molar-refractivity contribution in [2.45, 2.75) is 0 Å². The van der Waals surface area contributed by atoms with Gasteiger partial charge in [0.2, 0.25) is 5.88 Å². The number of amides is 2. The van der Waals surface area contributed by atoms with E-state index in [0.717, 1.165) is 7.11 Å². The van der Waals surface area contributed by atoms with E-state index in [4.69, 9.17) is 10.5 Å². The maximum Gasteiger partial charge on any atom is 0.396 e. The summed E-state index contributed by atoms with van der Waals surface area (Å²) in [6, 6.07) is 1.25. The Bertz CT molecular complexity index is 500. The van der Waals surface area contributed by atoms with Gasteiger partial charge in [-0.05, 0) is 6.07 Å². The number of aromatic nitrogens is 1. The molecule has 0 bridgehead atoms. The molecular formula is C10H11N3O5. The monoisotopic (exact) mass is 253 g/mol. The van der Waals surface area contributed by atoms with Gasteiger partial charge >= 0.3 is 11.9 Å². The lowest BCUT2D eigenvalue weighted by molar-refractivity contribution is -0.150. The Morgan fingerprint density at radius 3 is 2.50 bits per heavy atom. The molecule has 0 radical (unpaired) electrons. The maximum absolute atomic E-state index is 11.2. The molecule has 3 N–H and O–H groups in total. The van der Waals surface area contributed by atoms with Gasteiger partial charge in [-0.2, -0.15) is 0 Å². The SMILES string of the molecule is COC(=O)C(=O)Nc1cnc(OC)c(C(N)=O)c1. The summed E-state index contributed by atoms with van der Waals surface area (Å²) in [5, 5.41) is 2.20. The molecule has 1 aromatic rings. The van der Waals surface area contributed by atoms with Gasteiger partial charge < -0.3 is 20.5 Å². The lowest BCUT2D eigenvalue weighted by Gasteiger charge is -2.07. The third kappa shape index (κ3) is 2.94. The summed E-state index contributed by atoms with van der Waals surface area (Å²) >= 11 is 0. The van der Waals surface area contributed by atoms with Gasteiger partial charge in [0.05, 0.1) is 26.1 Å². The van der Waals surface area contributed by atoms with Crippen molar-refractivity contribution in [2.75, 3.05) is 19.5 Å². The smallest absolute Gasteiger partial charge is 0.396 e. The molecule has 0 saturated carbocycles. The highest BCUT2D eigenvalue weighted by molar-refractivity contribution is 6.37. The molecule has 8 nitrogen and oxygen atoms in total. The largest absolute Gasteiger partial charge is 0.480 e. The van der Waals surface area contributed by atoms with Gasteiger partial charge in [0, 0.05) is 0 Å². The van der Waals surface area contributed by atoms with E-state index < -0.39 is 17.8 Å². The third-order valence-corrected chi connectivity index (χ3v) is 1.94. The van der Waals surface area contributed by atoms with Crippen molar-refractivity contribution in [1.29, 1.82) is 0 Å². The van der Waals surface area contributed by atoms with Gasteiger partial charge in [0.25, 0.3) is 5.91 Å². The quantitative estimate of drug-likeness (QED) is 0.542. The normalized spacial score (nSPS) is 9.44. The highest BCUT2D eigenvalue weighted by atomic mass is 16.5. The molecule has 8 heteroatoms. The fourth-order valence-corrected chi connectivity index (χ4v) is 1.13. The van der Waals surface area contributed by atoms with Gasteiger partial charge in [0.1, 0.15) is 5.56 Å². The van der Waals surface area contributed by atoms with Crippen LogP contribution in [-0.4, -0.2) is 37.0 Å². The molecule has 1 heterocycles. The molecule has 1 aromatic heterocycles. The molecule has 0 spiro atoms. The maximum atomic E-state index is 11.2. The van der Waals surface area contributed by atoms with E-state index in [2.05, 4.69) is 15.0 Å². The van der Waals surface area contributed by atoms with Crippen LogP contribution in [0, 0.1) is 0 Å². The van der Waals surface area contributed by atoms with Crippen LogP contribution in [0.1, 0.15) is 10.4 Å². The van der Waals surface area contributed by atoms with E-state index in [-0.39, 0.29) is 17.1 Å². The van der Waals surface area contributed by atoms with E-state index in [1.807, 2.05) is 0 Å². The number of hydrogen-bond acceptors (Lipinski definition) is 6. The van der Waals surface area contributed by atoms with Crippen molar-refractivity contribution in [2.24, 2.45) is 5.73 Å². The van der Waals surface area contributed by atoms with Gasteiger partial charge in [-0.3, -0.25) is 9.59 Å². The Labute approximate surface area is 102 Å². The van der Waals surface area contributed by atoms with Crippen molar-refractivity contribution in [1.82, 2.24) is 4.98 Å². The van der Waals surface area contributed by atoms with Crippen molar-refractivity contribution in [3.8, 4) is 5.88 Å². The molecule has 0 aliphatic heterocycles. The molecule has 0 aliphatic carbocycles. The second-order valence-electron chi connectivity index (χ2n) is 3.09. The molecule has 0 unspecified atom stereocenters. The number of primary amides is 1. The van der Waals surface area contributed by atoms with E-state index in [9.17, 15) is 14.4 Å². The average molecular weight is 253 g/mol. The number of hydrogen-bond donors (Lipinski definition) is 2. The molecule has 0 saturated heterocycles. The molecule has 0 aliphatic rings. The van der Waals surface area contributed by atoms with Gasteiger partial charge in [-0.15, -0.1) is 0 Å². The van der Waals surface area contributed by atoms with Crippen molar-refractivity contribution in [3.63, 3.8) is 0 Å². The number of nitrogens with one attached hydrogen (secondary N) is 1. The van der Waals surface area contributed by atoms with E-state index >= 15 is 0 Å². The predicted molar refractivity (Wildman–Crippen MR) is 60.0 cm³/mol. The molecule has 96 valence electrons. The van der Waals surface area contributed by atoms with Crippen molar-refractivity contribution >= 4 is 23.5 Å². The van der Waals surface area contributed by atoms with Crippen LogP contribution in [0.3, 0.4) is 0 Å². The minimum absolute atomic E-state index is 0.0137. The highest BCUT2D eigenvalue weighted by Gasteiger charge is 2.16. The molecule has 0 aromatic carbocycles. The number of carbonyl (C=O) groups excluding carboxylic acids is 3. The lowest BCUT2D eigenvalue weighted by Crippen LogP contribution is -2.24. The van der Waals surface area contributed by atoms with Gasteiger partial charge in [0.15, 0.2) is 0 Å². The summed E-state index contributed by atoms with van der Waals surface area (Å²) in [6.45, 7) is 0. The third-order valence-electron chi connectivity index (χ3n) is 1.94. The molecule has 0 fully saturated rings. The molecule has 18 heavy (non-hydrogen) atoms. The number of methoxy groups -OCH3 is 2. The van der Waals surface area contributed by atoms with Gasteiger partial charge in [-0.1, -0.05) is 0 Å². The highest BCUT2D eigenvalue weighted by Crippen LogP contribution is 2.18.